The summed E-state index contributed by atoms with van der Waals surface area (Å²) in [5.74, 6) is 0.667. The summed E-state index contributed by atoms with van der Waals surface area (Å²) >= 11 is 1.66. The maximum atomic E-state index is 5.93. The van der Waals surface area contributed by atoms with E-state index in [0.29, 0.717) is 5.92 Å². The van der Waals surface area contributed by atoms with Gasteiger partial charge in [0.1, 0.15) is 0 Å². The van der Waals surface area contributed by atoms with E-state index in [9.17, 15) is 0 Å². The average Bonchev–Trinajstić information content (AvgIpc) is 3.14. The maximum absolute atomic E-state index is 5.93. The van der Waals surface area contributed by atoms with Crippen LogP contribution in [0.1, 0.15) is 61.2 Å². The number of rotatable bonds is 3. The maximum Gasteiger partial charge on any atom is 0.180 e. The smallest absolute Gasteiger partial charge is 0.180 e. The van der Waals surface area contributed by atoms with Gasteiger partial charge in [-0.25, -0.2) is 4.98 Å². The van der Waals surface area contributed by atoms with Crippen molar-refractivity contribution in [3.8, 4) is 0 Å². The second kappa shape index (κ2) is 4.88. The molecule has 1 aromatic carbocycles. The molecule has 1 aliphatic carbocycles. The van der Waals surface area contributed by atoms with Crippen LogP contribution in [0.2, 0.25) is 0 Å². The van der Waals surface area contributed by atoms with Gasteiger partial charge in [0.25, 0.3) is 0 Å². The van der Waals surface area contributed by atoms with Gasteiger partial charge in [0, 0.05) is 17.2 Å². The highest BCUT2D eigenvalue weighted by Gasteiger charge is 2.30. The zero-order valence-electron chi connectivity index (χ0n) is 12.4. The highest BCUT2D eigenvalue weighted by atomic mass is 32.1. The van der Waals surface area contributed by atoms with Gasteiger partial charge in [0.2, 0.25) is 0 Å². The number of nitrogens with zero attached hydrogens (tertiary/aromatic N) is 1. The van der Waals surface area contributed by atoms with Gasteiger partial charge in [-0.05, 0) is 29.4 Å². The van der Waals surface area contributed by atoms with Crippen LogP contribution in [0.25, 0.3) is 0 Å². The molecule has 2 aromatic rings. The summed E-state index contributed by atoms with van der Waals surface area (Å²) in [6.45, 7) is 6.82. The Morgan fingerprint density at radius 3 is 2.60 bits per heavy atom. The summed E-state index contributed by atoms with van der Waals surface area (Å²) in [4.78, 5) is 5.92. The molecule has 2 N–H and O–H groups in total. The first-order valence-electron chi connectivity index (χ1n) is 7.28. The Kier molecular flexibility index (Phi) is 3.33. The number of aromatic nitrogens is 1. The van der Waals surface area contributed by atoms with E-state index >= 15 is 0 Å². The third-order valence-electron chi connectivity index (χ3n) is 3.88. The lowest BCUT2D eigenvalue weighted by Crippen LogP contribution is -2.14. The molecule has 0 radical (unpaired) electrons. The fourth-order valence-corrected chi connectivity index (χ4v) is 3.70. The van der Waals surface area contributed by atoms with Crippen LogP contribution >= 0.6 is 11.3 Å². The standard InChI is InChI=1S/C17H22N2S/c1-17(2,3)13-7-5-4-6-12(13)10-14-15(11-8-9-11)19-16(18)20-14/h4-7,11H,8-10H2,1-3H3,(H2,18,19). The molecular formula is C17H22N2S. The van der Waals surface area contributed by atoms with Gasteiger partial charge in [-0.2, -0.15) is 0 Å². The van der Waals surface area contributed by atoms with E-state index in [4.69, 9.17) is 5.73 Å². The van der Waals surface area contributed by atoms with E-state index in [0.717, 1.165) is 11.6 Å². The van der Waals surface area contributed by atoms with Crippen molar-refractivity contribution in [2.45, 2.75) is 51.4 Å². The number of nitrogens with two attached hydrogens (primary N) is 1. The summed E-state index contributed by atoms with van der Waals surface area (Å²) in [6.07, 6.45) is 3.52. The van der Waals surface area contributed by atoms with Crippen molar-refractivity contribution in [2.75, 3.05) is 5.73 Å². The number of anilines is 1. The molecule has 1 fully saturated rings. The summed E-state index contributed by atoms with van der Waals surface area (Å²) in [5.41, 5.74) is 10.2. The highest BCUT2D eigenvalue weighted by molar-refractivity contribution is 7.15. The van der Waals surface area contributed by atoms with Gasteiger partial charge < -0.3 is 5.73 Å². The third-order valence-corrected chi connectivity index (χ3v) is 4.78. The van der Waals surface area contributed by atoms with Crippen LogP contribution in [0.3, 0.4) is 0 Å². The monoisotopic (exact) mass is 286 g/mol. The number of thiazole rings is 1. The molecule has 3 rings (SSSR count). The van der Waals surface area contributed by atoms with Gasteiger partial charge in [0.15, 0.2) is 5.13 Å². The molecule has 1 saturated carbocycles. The molecule has 20 heavy (non-hydrogen) atoms. The highest BCUT2D eigenvalue weighted by Crippen LogP contribution is 2.44. The Bertz CT molecular complexity index is 618. The lowest BCUT2D eigenvalue weighted by atomic mass is 9.83. The van der Waals surface area contributed by atoms with E-state index in [2.05, 4.69) is 50.0 Å². The van der Waals surface area contributed by atoms with E-state index in [1.54, 1.807) is 11.3 Å². The quantitative estimate of drug-likeness (QED) is 0.902. The second-order valence-corrected chi connectivity index (χ2v) is 7.83. The number of benzene rings is 1. The second-order valence-electron chi connectivity index (χ2n) is 6.72. The van der Waals surface area contributed by atoms with Crippen molar-refractivity contribution in [3.63, 3.8) is 0 Å². The Morgan fingerprint density at radius 1 is 1.25 bits per heavy atom. The lowest BCUT2D eigenvalue weighted by molar-refractivity contribution is 0.584. The molecular weight excluding hydrogens is 264 g/mol. The van der Waals surface area contributed by atoms with Crippen molar-refractivity contribution < 1.29 is 0 Å². The fraction of sp³-hybridized carbons (Fsp3) is 0.471. The topological polar surface area (TPSA) is 38.9 Å². The van der Waals surface area contributed by atoms with E-state index in [-0.39, 0.29) is 5.41 Å². The van der Waals surface area contributed by atoms with E-state index < -0.39 is 0 Å². The zero-order chi connectivity index (χ0) is 14.3. The molecule has 0 bridgehead atoms. The molecule has 0 unspecified atom stereocenters. The minimum atomic E-state index is 0.173. The molecule has 0 amide bonds. The summed E-state index contributed by atoms with van der Waals surface area (Å²) in [7, 11) is 0. The molecule has 0 spiro atoms. The first kappa shape index (κ1) is 13.6. The summed E-state index contributed by atoms with van der Waals surface area (Å²) in [6, 6.07) is 8.75. The Balaban J connectivity index is 1.96. The van der Waals surface area contributed by atoms with Gasteiger partial charge in [-0.15, -0.1) is 11.3 Å². The van der Waals surface area contributed by atoms with Crippen molar-refractivity contribution in [1.29, 1.82) is 0 Å². The molecule has 0 aliphatic heterocycles. The van der Waals surface area contributed by atoms with Crippen LogP contribution in [0, 0.1) is 0 Å². The fourth-order valence-electron chi connectivity index (χ4n) is 2.76. The van der Waals surface area contributed by atoms with E-state index in [1.807, 2.05) is 0 Å². The van der Waals surface area contributed by atoms with E-state index in [1.165, 1.54) is 34.5 Å². The predicted octanol–water partition coefficient (Wildman–Crippen LogP) is 4.49. The van der Waals surface area contributed by atoms with Gasteiger partial charge in [-0.3, -0.25) is 0 Å². The van der Waals surface area contributed by atoms with Gasteiger partial charge in [0.05, 0.1) is 5.69 Å². The SMILES string of the molecule is CC(C)(C)c1ccccc1Cc1sc(N)nc1C1CC1. The molecule has 2 nitrogen and oxygen atoms in total. The molecule has 3 heteroatoms. The van der Waals surface area contributed by atoms with Crippen molar-refractivity contribution in [1.82, 2.24) is 4.98 Å². The van der Waals surface area contributed by atoms with Crippen LogP contribution in [-0.4, -0.2) is 4.98 Å². The predicted molar refractivity (Wildman–Crippen MR) is 86.4 cm³/mol. The molecule has 0 saturated heterocycles. The normalized spacial score (nSPS) is 15.6. The third kappa shape index (κ3) is 2.73. The number of nitrogen functional groups attached to an aromatic ring is 1. The first-order chi connectivity index (χ1) is 9.45. The number of hydrogen-bond acceptors (Lipinski definition) is 3. The van der Waals surface area contributed by atoms with Gasteiger partial charge in [-0.1, -0.05) is 45.0 Å². The molecule has 0 atom stereocenters. The minimum Gasteiger partial charge on any atom is -0.375 e. The largest absolute Gasteiger partial charge is 0.375 e. The average molecular weight is 286 g/mol. The van der Waals surface area contributed by atoms with Crippen molar-refractivity contribution >= 4 is 16.5 Å². The van der Waals surface area contributed by atoms with Crippen LogP contribution in [0.5, 0.6) is 0 Å². The Morgan fingerprint density at radius 2 is 1.95 bits per heavy atom. The van der Waals surface area contributed by atoms with Crippen LogP contribution in [0.15, 0.2) is 24.3 Å². The molecule has 106 valence electrons. The van der Waals surface area contributed by atoms with Crippen LogP contribution in [-0.2, 0) is 11.8 Å². The minimum absolute atomic E-state index is 0.173. The van der Waals surface area contributed by atoms with Crippen molar-refractivity contribution in [3.05, 3.63) is 46.0 Å². The van der Waals surface area contributed by atoms with Crippen LogP contribution in [0.4, 0.5) is 5.13 Å². The zero-order valence-corrected chi connectivity index (χ0v) is 13.3. The summed E-state index contributed by atoms with van der Waals surface area (Å²) in [5, 5.41) is 0.718. The van der Waals surface area contributed by atoms with Crippen molar-refractivity contribution in [2.24, 2.45) is 0 Å². The lowest BCUT2D eigenvalue weighted by Gasteiger charge is -2.22. The first-order valence-corrected chi connectivity index (χ1v) is 8.10. The molecule has 1 aromatic heterocycles. The van der Waals surface area contributed by atoms with Crippen LogP contribution < -0.4 is 5.73 Å². The molecule has 1 aliphatic rings. The Labute approximate surface area is 125 Å². The molecule has 1 heterocycles. The Hall–Kier alpha value is -1.35. The summed E-state index contributed by atoms with van der Waals surface area (Å²) < 4.78 is 0. The number of hydrogen-bond donors (Lipinski definition) is 1. The van der Waals surface area contributed by atoms with Gasteiger partial charge >= 0.3 is 0 Å².